The van der Waals surface area contributed by atoms with Crippen molar-refractivity contribution in [3.8, 4) is 11.5 Å². The number of rotatable bonds is 7. The summed E-state index contributed by atoms with van der Waals surface area (Å²) in [5.41, 5.74) is 0.643. The monoisotopic (exact) mass is 336 g/mol. The van der Waals surface area contributed by atoms with Gasteiger partial charge in [0.15, 0.2) is 0 Å². The van der Waals surface area contributed by atoms with Gasteiger partial charge in [-0.2, -0.15) is 0 Å². The fraction of sp³-hybridized carbons (Fsp3) is 0.611. The third-order valence-electron chi connectivity index (χ3n) is 4.84. The van der Waals surface area contributed by atoms with Gasteiger partial charge in [-0.1, -0.05) is 13.8 Å². The Hall–Kier alpha value is -1.79. The number of carbonyl (C=O) groups is 1. The zero-order valence-electron chi connectivity index (χ0n) is 15.0. The molecule has 134 valence electrons. The van der Waals surface area contributed by atoms with Crippen LogP contribution in [0.25, 0.3) is 0 Å². The van der Waals surface area contributed by atoms with Crippen molar-refractivity contribution >= 4 is 5.97 Å². The summed E-state index contributed by atoms with van der Waals surface area (Å²) in [5, 5.41) is 9.89. The number of likely N-dealkylation sites (N-methyl/N-ethyl adjacent to an activating group) is 1. The maximum Gasteiger partial charge on any atom is 0.325 e. The molecular weight excluding hydrogens is 308 g/mol. The fourth-order valence-electron chi connectivity index (χ4n) is 3.49. The highest BCUT2D eigenvalue weighted by Gasteiger charge is 2.35. The van der Waals surface area contributed by atoms with Gasteiger partial charge in [-0.15, -0.1) is 0 Å². The van der Waals surface area contributed by atoms with Crippen LogP contribution in [0.3, 0.4) is 0 Å². The number of benzene rings is 1. The highest BCUT2D eigenvalue weighted by atomic mass is 16.5. The quantitative estimate of drug-likeness (QED) is 0.824. The van der Waals surface area contributed by atoms with E-state index in [0.29, 0.717) is 23.1 Å². The Morgan fingerprint density at radius 2 is 2.04 bits per heavy atom. The van der Waals surface area contributed by atoms with Crippen LogP contribution in [0.4, 0.5) is 0 Å². The van der Waals surface area contributed by atoms with E-state index in [2.05, 4.69) is 18.7 Å². The van der Waals surface area contributed by atoms with Crippen molar-refractivity contribution in [2.45, 2.75) is 32.4 Å². The molecule has 1 saturated heterocycles. The first-order valence-electron chi connectivity index (χ1n) is 8.48. The third kappa shape index (κ3) is 3.82. The van der Waals surface area contributed by atoms with E-state index >= 15 is 0 Å². The summed E-state index contributed by atoms with van der Waals surface area (Å²) in [6, 6.07) is 4.96. The zero-order chi connectivity index (χ0) is 17.7. The van der Waals surface area contributed by atoms with E-state index in [9.17, 15) is 9.90 Å². The van der Waals surface area contributed by atoms with Gasteiger partial charge < -0.3 is 14.6 Å². The van der Waals surface area contributed by atoms with Gasteiger partial charge in [-0.3, -0.25) is 14.6 Å². The molecule has 2 atom stereocenters. The number of ether oxygens (including phenoxy) is 2. The average molecular weight is 336 g/mol. The lowest BCUT2D eigenvalue weighted by Crippen LogP contribution is -2.54. The SMILES string of the molecule is CCC1CN(C(C(=O)O)c2cc(OC)ccc2OC)CCN1CC. The van der Waals surface area contributed by atoms with Gasteiger partial charge in [-0.05, 0) is 31.2 Å². The second-order valence-electron chi connectivity index (χ2n) is 6.03. The maximum absolute atomic E-state index is 12.1. The van der Waals surface area contributed by atoms with Gasteiger partial charge in [0.25, 0.3) is 0 Å². The Bertz CT molecular complexity index is 564. The summed E-state index contributed by atoms with van der Waals surface area (Å²) in [5.74, 6) is 0.354. The molecule has 1 aromatic carbocycles. The molecule has 1 aliphatic heterocycles. The molecule has 0 aromatic heterocycles. The van der Waals surface area contributed by atoms with Crippen LogP contribution < -0.4 is 9.47 Å². The van der Waals surface area contributed by atoms with Crippen molar-refractivity contribution in [2.24, 2.45) is 0 Å². The van der Waals surface area contributed by atoms with E-state index in [1.165, 1.54) is 0 Å². The standard InChI is InChI=1S/C18H28N2O4/c1-5-13-12-20(10-9-19(13)6-2)17(18(21)22)15-11-14(23-3)7-8-16(15)24-4/h7-8,11,13,17H,5-6,9-10,12H2,1-4H3,(H,21,22). The molecule has 2 rings (SSSR count). The smallest absolute Gasteiger partial charge is 0.325 e. The van der Waals surface area contributed by atoms with Crippen LogP contribution in [-0.2, 0) is 4.79 Å². The molecule has 6 heteroatoms. The van der Waals surface area contributed by atoms with Crippen molar-refractivity contribution in [2.75, 3.05) is 40.4 Å². The molecule has 0 amide bonds. The summed E-state index contributed by atoms with van der Waals surface area (Å²) < 4.78 is 10.7. The number of nitrogens with zero attached hydrogens (tertiary/aromatic N) is 2. The topological polar surface area (TPSA) is 62.2 Å². The van der Waals surface area contributed by atoms with E-state index in [0.717, 1.165) is 32.6 Å². The van der Waals surface area contributed by atoms with Crippen LogP contribution in [0.15, 0.2) is 18.2 Å². The molecule has 1 heterocycles. The van der Waals surface area contributed by atoms with Gasteiger partial charge in [0.2, 0.25) is 0 Å². The Morgan fingerprint density at radius 1 is 1.29 bits per heavy atom. The molecule has 1 N–H and O–H groups in total. The molecule has 1 aliphatic rings. The Labute approximate surface area is 144 Å². The predicted molar refractivity (Wildman–Crippen MR) is 92.8 cm³/mol. The minimum atomic E-state index is -0.860. The largest absolute Gasteiger partial charge is 0.497 e. The first kappa shape index (κ1) is 18.5. The van der Waals surface area contributed by atoms with Crippen LogP contribution in [0.2, 0.25) is 0 Å². The van der Waals surface area contributed by atoms with Crippen molar-refractivity contribution in [3.63, 3.8) is 0 Å². The van der Waals surface area contributed by atoms with Gasteiger partial charge >= 0.3 is 5.97 Å². The minimum Gasteiger partial charge on any atom is -0.497 e. The van der Waals surface area contributed by atoms with Gasteiger partial charge in [0.1, 0.15) is 17.5 Å². The van der Waals surface area contributed by atoms with E-state index < -0.39 is 12.0 Å². The first-order valence-corrected chi connectivity index (χ1v) is 8.48. The third-order valence-corrected chi connectivity index (χ3v) is 4.84. The van der Waals surface area contributed by atoms with Crippen molar-refractivity contribution in [1.82, 2.24) is 9.80 Å². The lowest BCUT2D eigenvalue weighted by Gasteiger charge is -2.43. The second kappa shape index (κ2) is 8.35. The Morgan fingerprint density at radius 3 is 2.58 bits per heavy atom. The highest BCUT2D eigenvalue weighted by molar-refractivity contribution is 5.77. The molecule has 0 bridgehead atoms. The van der Waals surface area contributed by atoms with Gasteiger partial charge in [0.05, 0.1) is 14.2 Å². The number of aliphatic carboxylic acids is 1. The number of piperazine rings is 1. The molecule has 0 saturated carbocycles. The first-order chi connectivity index (χ1) is 11.5. The number of carboxylic acids is 1. The minimum absolute atomic E-state index is 0.377. The molecule has 1 aromatic rings. The molecule has 0 aliphatic carbocycles. The number of hydrogen-bond donors (Lipinski definition) is 1. The molecule has 0 radical (unpaired) electrons. The van der Waals surface area contributed by atoms with Crippen LogP contribution in [0.1, 0.15) is 31.9 Å². The second-order valence-corrected chi connectivity index (χ2v) is 6.03. The average Bonchev–Trinajstić information content (AvgIpc) is 2.61. The fourth-order valence-corrected chi connectivity index (χ4v) is 3.49. The summed E-state index contributed by atoms with van der Waals surface area (Å²) in [7, 11) is 3.14. The van der Waals surface area contributed by atoms with E-state index in [4.69, 9.17) is 9.47 Å². The lowest BCUT2D eigenvalue weighted by molar-refractivity contribution is -0.145. The molecular formula is C18H28N2O4. The molecule has 2 unspecified atom stereocenters. The molecule has 1 fully saturated rings. The van der Waals surface area contributed by atoms with Crippen molar-refractivity contribution < 1.29 is 19.4 Å². The van der Waals surface area contributed by atoms with Crippen LogP contribution in [-0.4, -0.2) is 67.3 Å². The van der Waals surface area contributed by atoms with E-state index in [1.807, 2.05) is 4.90 Å². The van der Waals surface area contributed by atoms with Gasteiger partial charge in [0, 0.05) is 31.2 Å². The van der Waals surface area contributed by atoms with Crippen LogP contribution in [0.5, 0.6) is 11.5 Å². The predicted octanol–water partition coefficient (Wildman–Crippen LogP) is 2.25. The summed E-state index contributed by atoms with van der Waals surface area (Å²) in [4.78, 5) is 16.5. The number of methoxy groups -OCH3 is 2. The lowest BCUT2D eigenvalue weighted by atomic mass is 10.00. The van der Waals surface area contributed by atoms with E-state index in [-0.39, 0.29) is 0 Å². The van der Waals surface area contributed by atoms with Crippen molar-refractivity contribution in [3.05, 3.63) is 23.8 Å². The Kier molecular flexibility index (Phi) is 6.45. The number of hydrogen-bond acceptors (Lipinski definition) is 5. The number of carboxylic acid groups (broad SMARTS) is 1. The Balaban J connectivity index is 2.35. The maximum atomic E-state index is 12.1. The van der Waals surface area contributed by atoms with Crippen LogP contribution >= 0.6 is 0 Å². The van der Waals surface area contributed by atoms with Gasteiger partial charge in [-0.25, -0.2) is 0 Å². The highest BCUT2D eigenvalue weighted by Crippen LogP contribution is 2.34. The summed E-state index contributed by atoms with van der Waals surface area (Å²) in [6.07, 6.45) is 1.01. The van der Waals surface area contributed by atoms with E-state index in [1.54, 1.807) is 32.4 Å². The normalized spacial score (nSPS) is 20.6. The molecule has 24 heavy (non-hydrogen) atoms. The summed E-state index contributed by atoms with van der Waals surface area (Å²) in [6.45, 7) is 7.64. The van der Waals surface area contributed by atoms with Crippen molar-refractivity contribution in [1.29, 1.82) is 0 Å². The van der Waals surface area contributed by atoms with Crippen LogP contribution in [0, 0.1) is 0 Å². The zero-order valence-corrected chi connectivity index (χ0v) is 15.0. The molecule has 0 spiro atoms. The molecule has 6 nitrogen and oxygen atoms in total. The summed E-state index contributed by atoms with van der Waals surface area (Å²) >= 11 is 0.